The van der Waals surface area contributed by atoms with Crippen LogP contribution in [-0.2, 0) is 6.54 Å². The summed E-state index contributed by atoms with van der Waals surface area (Å²) in [5.41, 5.74) is 2.59. The number of nitrogens with zero attached hydrogens (tertiary/aromatic N) is 3. The minimum absolute atomic E-state index is 0.0904. The highest BCUT2D eigenvalue weighted by molar-refractivity contribution is 7.16. The van der Waals surface area contributed by atoms with Crippen molar-refractivity contribution in [2.24, 2.45) is 4.99 Å². The van der Waals surface area contributed by atoms with Gasteiger partial charge in [0.2, 0.25) is 0 Å². The number of halogens is 2. The predicted molar refractivity (Wildman–Crippen MR) is 85.8 cm³/mol. The molecule has 0 N–H and O–H groups in total. The first-order valence-corrected chi connectivity index (χ1v) is 7.85. The van der Waals surface area contributed by atoms with E-state index < -0.39 is 11.6 Å². The van der Waals surface area contributed by atoms with Crippen molar-refractivity contribution in [2.45, 2.75) is 13.5 Å². The Morgan fingerprint density at radius 3 is 2.74 bits per heavy atom. The standard InChI is InChI=1S/C17H11F2N3S/c1-9-5-11-16(14-12(18)3-2-4-13(14)19)21-7-10-6-20-8-22-15(10)17(11)23-9/h2-6,8H,7H2,1H3. The lowest BCUT2D eigenvalue weighted by molar-refractivity contribution is 0.579. The van der Waals surface area contributed by atoms with E-state index in [2.05, 4.69) is 15.0 Å². The number of thiophene rings is 1. The van der Waals surface area contributed by atoms with Gasteiger partial charge in [0.05, 0.1) is 28.4 Å². The Balaban J connectivity index is 2.02. The average molecular weight is 327 g/mol. The Labute approximate surface area is 135 Å². The van der Waals surface area contributed by atoms with Gasteiger partial charge in [-0.05, 0) is 25.1 Å². The fourth-order valence-corrected chi connectivity index (χ4v) is 3.78. The van der Waals surface area contributed by atoms with Crippen LogP contribution in [0.4, 0.5) is 8.78 Å². The van der Waals surface area contributed by atoms with E-state index in [-0.39, 0.29) is 5.56 Å². The maximum absolute atomic E-state index is 14.3. The molecule has 114 valence electrons. The average Bonchev–Trinajstić information content (AvgIpc) is 2.85. The third-order valence-electron chi connectivity index (χ3n) is 3.72. The summed E-state index contributed by atoms with van der Waals surface area (Å²) in [4.78, 5) is 14.8. The largest absolute Gasteiger partial charge is 0.279 e. The first kappa shape index (κ1) is 14.1. The van der Waals surface area contributed by atoms with Gasteiger partial charge in [-0.2, -0.15) is 0 Å². The predicted octanol–water partition coefficient (Wildman–Crippen LogP) is 4.14. The molecular weight excluding hydrogens is 316 g/mol. The topological polar surface area (TPSA) is 38.1 Å². The van der Waals surface area contributed by atoms with Crippen LogP contribution < -0.4 is 0 Å². The summed E-state index contributed by atoms with van der Waals surface area (Å²) in [6, 6.07) is 5.75. The van der Waals surface area contributed by atoms with Gasteiger partial charge in [0.25, 0.3) is 0 Å². The molecule has 1 aromatic carbocycles. The summed E-state index contributed by atoms with van der Waals surface area (Å²) in [6.07, 6.45) is 3.18. The number of hydrogen-bond acceptors (Lipinski definition) is 4. The molecule has 0 saturated heterocycles. The van der Waals surface area contributed by atoms with Crippen LogP contribution in [0.5, 0.6) is 0 Å². The lowest BCUT2D eigenvalue weighted by Crippen LogP contribution is -2.08. The van der Waals surface area contributed by atoms with E-state index in [1.165, 1.54) is 24.5 Å². The number of aromatic nitrogens is 2. The van der Waals surface area contributed by atoms with Crippen molar-refractivity contribution in [1.82, 2.24) is 9.97 Å². The van der Waals surface area contributed by atoms with Gasteiger partial charge < -0.3 is 0 Å². The summed E-state index contributed by atoms with van der Waals surface area (Å²) in [6.45, 7) is 2.25. The van der Waals surface area contributed by atoms with E-state index in [9.17, 15) is 8.78 Å². The van der Waals surface area contributed by atoms with Gasteiger partial charge in [0.15, 0.2) is 0 Å². The highest BCUT2D eigenvalue weighted by Crippen LogP contribution is 2.37. The Morgan fingerprint density at radius 2 is 1.96 bits per heavy atom. The molecule has 0 fully saturated rings. The van der Waals surface area contributed by atoms with Crippen molar-refractivity contribution in [2.75, 3.05) is 0 Å². The van der Waals surface area contributed by atoms with Crippen molar-refractivity contribution in [3.8, 4) is 10.6 Å². The number of rotatable bonds is 1. The minimum Gasteiger partial charge on any atom is -0.279 e. The second-order valence-corrected chi connectivity index (χ2v) is 6.51. The van der Waals surface area contributed by atoms with Crippen molar-refractivity contribution < 1.29 is 8.78 Å². The number of benzene rings is 1. The smallest absolute Gasteiger partial charge is 0.135 e. The molecule has 0 saturated carbocycles. The normalized spacial score (nSPS) is 13.1. The van der Waals surface area contributed by atoms with Crippen LogP contribution in [0.1, 0.15) is 21.6 Å². The zero-order chi connectivity index (χ0) is 16.0. The van der Waals surface area contributed by atoms with Gasteiger partial charge in [-0.25, -0.2) is 18.7 Å². The molecule has 2 aromatic heterocycles. The van der Waals surface area contributed by atoms with Crippen LogP contribution in [-0.4, -0.2) is 15.7 Å². The molecule has 0 spiro atoms. The van der Waals surface area contributed by atoms with Gasteiger partial charge in [0.1, 0.15) is 18.0 Å². The molecule has 0 amide bonds. The fraction of sp³-hybridized carbons (Fsp3) is 0.118. The third kappa shape index (κ3) is 2.26. The van der Waals surface area contributed by atoms with Crippen LogP contribution >= 0.6 is 11.3 Å². The van der Waals surface area contributed by atoms with Gasteiger partial charge in [-0.3, -0.25) is 4.99 Å². The van der Waals surface area contributed by atoms with E-state index in [1.54, 1.807) is 17.5 Å². The summed E-state index contributed by atoms with van der Waals surface area (Å²) in [5, 5.41) is 0. The first-order chi connectivity index (χ1) is 11.1. The second kappa shape index (κ2) is 5.31. The Morgan fingerprint density at radius 1 is 1.17 bits per heavy atom. The van der Waals surface area contributed by atoms with E-state index in [1.807, 2.05) is 13.0 Å². The molecule has 6 heteroatoms. The van der Waals surface area contributed by atoms with Crippen LogP contribution in [0.25, 0.3) is 10.6 Å². The van der Waals surface area contributed by atoms with E-state index in [0.717, 1.165) is 21.0 Å². The highest BCUT2D eigenvalue weighted by Gasteiger charge is 2.25. The summed E-state index contributed by atoms with van der Waals surface area (Å²) in [5.74, 6) is -1.23. The molecule has 0 atom stereocenters. The van der Waals surface area contributed by atoms with Crippen LogP contribution in [0.15, 0.2) is 41.8 Å². The summed E-state index contributed by atoms with van der Waals surface area (Å²) in [7, 11) is 0. The SMILES string of the molecule is Cc1cc2c(s1)-c1ncncc1CN=C2c1c(F)cccc1F. The molecule has 3 nitrogen and oxygen atoms in total. The molecular formula is C17H11F2N3S. The molecule has 0 bridgehead atoms. The highest BCUT2D eigenvalue weighted by atomic mass is 32.1. The van der Waals surface area contributed by atoms with Crippen molar-refractivity contribution in [1.29, 1.82) is 0 Å². The number of aryl methyl sites for hydroxylation is 1. The second-order valence-electron chi connectivity index (χ2n) is 5.26. The molecule has 3 heterocycles. The number of hydrogen-bond donors (Lipinski definition) is 0. The molecule has 23 heavy (non-hydrogen) atoms. The van der Waals surface area contributed by atoms with Gasteiger partial charge in [-0.15, -0.1) is 11.3 Å². The van der Waals surface area contributed by atoms with Crippen LogP contribution in [0, 0.1) is 18.6 Å². The maximum atomic E-state index is 14.3. The summed E-state index contributed by atoms with van der Waals surface area (Å²) < 4.78 is 28.5. The van der Waals surface area contributed by atoms with Crippen LogP contribution in [0.2, 0.25) is 0 Å². The fourth-order valence-electron chi connectivity index (χ4n) is 2.73. The van der Waals surface area contributed by atoms with Crippen molar-refractivity contribution in [3.63, 3.8) is 0 Å². The molecule has 0 radical (unpaired) electrons. The summed E-state index contributed by atoms with van der Waals surface area (Å²) >= 11 is 1.54. The molecule has 1 aliphatic heterocycles. The molecule has 3 aromatic rings. The first-order valence-electron chi connectivity index (χ1n) is 7.04. The van der Waals surface area contributed by atoms with Crippen molar-refractivity contribution >= 4 is 17.0 Å². The van der Waals surface area contributed by atoms with Gasteiger partial charge in [-0.1, -0.05) is 6.07 Å². The molecule has 0 aliphatic carbocycles. The molecule has 4 rings (SSSR count). The molecule has 1 aliphatic rings. The maximum Gasteiger partial charge on any atom is 0.135 e. The Hall–Kier alpha value is -2.47. The van der Waals surface area contributed by atoms with E-state index in [0.29, 0.717) is 17.8 Å². The monoisotopic (exact) mass is 327 g/mol. The quantitative estimate of drug-likeness (QED) is 0.673. The van der Waals surface area contributed by atoms with E-state index in [4.69, 9.17) is 0 Å². The minimum atomic E-state index is -0.615. The zero-order valence-corrected chi connectivity index (χ0v) is 13.0. The lowest BCUT2D eigenvalue weighted by atomic mass is 10.0. The van der Waals surface area contributed by atoms with Gasteiger partial charge >= 0.3 is 0 Å². The Bertz CT molecular complexity index is 927. The van der Waals surface area contributed by atoms with Gasteiger partial charge in [0, 0.05) is 22.2 Å². The zero-order valence-electron chi connectivity index (χ0n) is 12.2. The lowest BCUT2D eigenvalue weighted by Gasteiger charge is -2.08. The van der Waals surface area contributed by atoms with Crippen molar-refractivity contribution in [3.05, 3.63) is 70.0 Å². The molecule has 0 unspecified atom stereocenters. The third-order valence-corrected chi connectivity index (χ3v) is 4.78. The Kier molecular flexibility index (Phi) is 3.27. The van der Waals surface area contributed by atoms with E-state index >= 15 is 0 Å². The number of fused-ring (bicyclic) bond motifs is 3. The number of aliphatic imine (C=N–C) groups is 1. The van der Waals surface area contributed by atoms with Crippen LogP contribution in [0.3, 0.4) is 0 Å².